The highest BCUT2D eigenvalue weighted by atomic mass is 31.2. The zero-order valence-corrected chi connectivity index (χ0v) is 29.8. The van der Waals surface area contributed by atoms with Gasteiger partial charge in [-0.15, -0.1) is 0 Å². The Morgan fingerprint density at radius 3 is 1.96 bits per heavy atom. The minimum atomic E-state index is -4.40. The highest BCUT2D eigenvalue weighted by Gasteiger charge is 2.27. The fourth-order valence-electron chi connectivity index (χ4n) is 4.71. The van der Waals surface area contributed by atoms with Gasteiger partial charge in [0.25, 0.3) is 0 Å². The van der Waals surface area contributed by atoms with Gasteiger partial charge in [0.2, 0.25) is 5.91 Å². The molecule has 0 heterocycles. The number of phosphoric ester groups is 1. The van der Waals surface area contributed by atoms with Gasteiger partial charge in [0.1, 0.15) is 0 Å². The average molecular weight is 671 g/mol. The van der Waals surface area contributed by atoms with E-state index >= 15 is 0 Å². The molecule has 0 radical (unpaired) electrons. The first-order valence-electron chi connectivity index (χ1n) is 17.9. The number of aliphatic hydroxyl groups excluding tert-OH is 2. The van der Waals surface area contributed by atoms with E-state index in [-0.39, 0.29) is 19.6 Å². The number of unbranched alkanes of at least 4 members (excludes halogenated alkanes) is 13. The van der Waals surface area contributed by atoms with E-state index in [1.165, 1.54) is 51.4 Å². The summed E-state index contributed by atoms with van der Waals surface area (Å²) >= 11 is 0. The molecule has 10 heteroatoms. The Hall–Kier alpha value is -1.58. The zero-order chi connectivity index (χ0) is 34.1. The summed E-state index contributed by atoms with van der Waals surface area (Å²) in [5.74, 6) is -0.473. The van der Waals surface area contributed by atoms with Gasteiger partial charge in [-0.25, -0.2) is 4.57 Å². The molecular formula is C36H67N2O7P. The van der Waals surface area contributed by atoms with Crippen LogP contribution in [0.5, 0.6) is 0 Å². The molecule has 268 valence electrons. The van der Waals surface area contributed by atoms with Gasteiger partial charge in [0.05, 0.1) is 37.9 Å². The van der Waals surface area contributed by atoms with Crippen molar-refractivity contribution in [2.75, 3.05) is 19.8 Å². The van der Waals surface area contributed by atoms with E-state index in [0.29, 0.717) is 12.8 Å². The summed E-state index contributed by atoms with van der Waals surface area (Å²) < 4.78 is 21.9. The summed E-state index contributed by atoms with van der Waals surface area (Å²) in [6, 6.07) is -1.00. The molecule has 0 spiro atoms. The molecule has 0 aromatic carbocycles. The molecule has 4 unspecified atom stereocenters. The van der Waals surface area contributed by atoms with Crippen LogP contribution in [0.4, 0.5) is 0 Å². The Morgan fingerprint density at radius 1 is 0.761 bits per heavy atom. The summed E-state index contributed by atoms with van der Waals surface area (Å²) in [6.45, 7) is 3.84. The second-order valence-corrected chi connectivity index (χ2v) is 13.4. The van der Waals surface area contributed by atoms with Gasteiger partial charge in [-0.3, -0.25) is 13.8 Å². The first-order valence-corrected chi connectivity index (χ1v) is 19.4. The van der Waals surface area contributed by atoms with Crippen molar-refractivity contribution in [2.45, 2.75) is 154 Å². The van der Waals surface area contributed by atoms with Crippen LogP contribution in [0.15, 0.2) is 48.6 Å². The standard InChI is InChI=1S/C36H67N2O7P/c1-3-5-7-9-11-13-15-16-18-19-21-23-25-27-33(39)31-36(41)38-34(32-45-46(42,43)44-30-29-37)35(40)28-26-24-22-20-17-14-12-10-8-6-4-2/h11,13,15-17,20,26,28,33-35,39-40H,3-10,12,14,18-19,21-25,27,29-32,37H2,1-2H3,(H,38,41)(H,42,43)/b13-11-,16-15-,20-17+,28-26+. The zero-order valence-electron chi connectivity index (χ0n) is 28.9. The molecule has 0 aliphatic rings. The van der Waals surface area contributed by atoms with Crippen molar-refractivity contribution >= 4 is 13.7 Å². The Morgan fingerprint density at radius 2 is 1.30 bits per heavy atom. The fraction of sp³-hybridized carbons (Fsp3) is 0.750. The van der Waals surface area contributed by atoms with Crippen molar-refractivity contribution < 1.29 is 33.5 Å². The maximum Gasteiger partial charge on any atom is 0.472 e. The third-order valence-corrected chi connectivity index (χ3v) is 8.44. The highest BCUT2D eigenvalue weighted by molar-refractivity contribution is 7.47. The van der Waals surface area contributed by atoms with Crippen LogP contribution in [-0.2, 0) is 18.4 Å². The molecule has 46 heavy (non-hydrogen) atoms. The van der Waals surface area contributed by atoms with Crippen molar-refractivity contribution in [3.8, 4) is 0 Å². The third kappa shape index (κ3) is 29.8. The Balaban J connectivity index is 4.57. The molecular weight excluding hydrogens is 603 g/mol. The number of hydrogen-bond acceptors (Lipinski definition) is 7. The molecule has 0 aromatic rings. The minimum absolute atomic E-state index is 0.0402. The number of allylic oxidation sites excluding steroid dienone is 7. The van der Waals surface area contributed by atoms with Crippen molar-refractivity contribution in [3.63, 3.8) is 0 Å². The van der Waals surface area contributed by atoms with Gasteiger partial charge in [-0.05, 0) is 57.8 Å². The predicted molar refractivity (Wildman–Crippen MR) is 190 cm³/mol. The van der Waals surface area contributed by atoms with Crippen LogP contribution in [0.1, 0.15) is 136 Å². The van der Waals surface area contributed by atoms with Gasteiger partial charge in [-0.2, -0.15) is 0 Å². The quantitative estimate of drug-likeness (QED) is 0.0209. The van der Waals surface area contributed by atoms with E-state index in [1.54, 1.807) is 6.08 Å². The number of aliphatic hydroxyl groups is 2. The van der Waals surface area contributed by atoms with Crippen LogP contribution in [0.2, 0.25) is 0 Å². The van der Waals surface area contributed by atoms with Crippen LogP contribution >= 0.6 is 7.82 Å². The molecule has 0 aliphatic carbocycles. The summed E-state index contributed by atoms with van der Waals surface area (Å²) in [4.78, 5) is 22.6. The monoisotopic (exact) mass is 670 g/mol. The van der Waals surface area contributed by atoms with E-state index < -0.39 is 38.6 Å². The van der Waals surface area contributed by atoms with Crippen LogP contribution in [-0.4, -0.2) is 59.0 Å². The van der Waals surface area contributed by atoms with E-state index in [9.17, 15) is 24.5 Å². The van der Waals surface area contributed by atoms with E-state index in [0.717, 1.165) is 51.4 Å². The maximum atomic E-state index is 12.7. The molecule has 0 saturated carbocycles. The Bertz CT molecular complexity index is 878. The Labute approximate surface area is 280 Å². The molecule has 9 nitrogen and oxygen atoms in total. The molecule has 0 rings (SSSR count). The minimum Gasteiger partial charge on any atom is -0.393 e. The summed E-state index contributed by atoms with van der Waals surface area (Å²) in [5.41, 5.74) is 5.33. The Kier molecular flexibility index (Phi) is 30.9. The van der Waals surface area contributed by atoms with E-state index in [2.05, 4.69) is 55.6 Å². The fourth-order valence-corrected chi connectivity index (χ4v) is 5.47. The normalized spacial score (nSPS) is 15.7. The third-order valence-electron chi connectivity index (χ3n) is 7.46. The molecule has 6 N–H and O–H groups in total. The van der Waals surface area contributed by atoms with Gasteiger partial charge in [0, 0.05) is 6.54 Å². The number of nitrogens with one attached hydrogen (secondary N) is 1. The SMILES string of the molecule is CCCCC/C=C\C=C/CCCCCCC(O)CC(=O)NC(COP(=O)(O)OCCN)C(O)/C=C/CC/C=C/CCCCCCC. The number of amides is 1. The van der Waals surface area contributed by atoms with E-state index in [1.807, 2.05) is 6.08 Å². The lowest BCUT2D eigenvalue weighted by Gasteiger charge is -2.24. The smallest absolute Gasteiger partial charge is 0.393 e. The topological polar surface area (TPSA) is 151 Å². The second-order valence-electron chi connectivity index (χ2n) is 11.9. The van der Waals surface area contributed by atoms with Crippen LogP contribution in [0.3, 0.4) is 0 Å². The number of rotatable bonds is 32. The lowest BCUT2D eigenvalue weighted by molar-refractivity contribution is -0.124. The van der Waals surface area contributed by atoms with Crippen LogP contribution in [0, 0.1) is 0 Å². The summed E-state index contributed by atoms with van der Waals surface area (Å²) in [7, 11) is -4.40. The molecule has 0 saturated heterocycles. The lowest BCUT2D eigenvalue weighted by Crippen LogP contribution is -2.46. The van der Waals surface area contributed by atoms with Crippen LogP contribution < -0.4 is 11.1 Å². The number of carbonyl (C=O) groups is 1. The molecule has 0 fully saturated rings. The van der Waals surface area contributed by atoms with Gasteiger partial charge in [-0.1, -0.05) is 120 Å². The maximum absolute atomic E-state index is 12.7. The highest BCUT2D eigenvalue weighted by Crippen LogP contribution is 2.43. The first-order chi connectivity index (χ1) is 22.3. The number of hydrogen-bond donors (Lipinski definition) is 5. The largest absolute Gasteiger partial charge is 0.472 e. The first kappa shape index (κ1) is 44.4. The molecule has 0 bridgehead atoms. The number of nitrogens with two attached hydrogens (primary N) is 1. The van der Waals surface area contributed by atoms with Crippen molar-refractivity contribution in [3.05, 3.63) is 48.6 Å². The average Bonchev–Trinajstić information content (AvgIpc) is 3.03. The summed E-state index contributed by atoms with van der Waals surface area (Å²) in [5, 5.41) is 23.8. The van der Waals surface area contributed by atoms with Crippen LogP contribution in [0.25, 0.3) is 0 Å². The predicted octanol–water partition coefficient (Wildman–Crippen LogP) is 7.96. The van der Waals surface area contributed by atoms with Crippen molar-refractivity contribution in [1.82, 2.24) is 5.32 Å². The van der Waals surface area contributed by atoms with Gasteiger partial charge in [0.15, 0.2) is 0 Å². The van der Waals surface area contributed by atoms with Gasteiger partial charge < -0.3 is 26.2 Å². The summed E-state index contributed by atoms with van der Waals surface area (Å²) in [6.07, 6.45) is 33.4. The number of phosphoric acid groups is 1. The number of carbonyl (C=O) groups excluding carboxylic acids is 1. The van der Waals surface area contributed by atoms with Crippen molar-refractivity contribution in [1.29, 1.82) is 0 Å². The molecule has 0 aromatic heterocycles. The lowest BCUT2D eigenvalue weighted by atomic mass is 10.0. The molecule has 1 amide bonds. The van der Waals surface area contributed by atoms with E-state index in [4.69, 9.17) is 14.8 Å². The van der Waals surface area contributed by atoms with Gasteiger partial charge >= 0.3 is 7.82 Å². The molecule has 4 atom stereocenters. The second kappa shape index (κ2) is 32.0. The van der Waals surface area contributed by atoms with Crippen molar-refractivity contribution in [2.24, 2.45) is 5.73 Å². The molecule has 0 aliphatic heterocycles.